The van der Waals surface area contributed by atoms with Gasteiger partial charge in [0, 0.05) is 41.1 Å². The molecular formula is C28H25N5O4S. The Morgan fingerprint density at radius 2 is 1.74 bits per heavy atom. The van der Waals surface area contributed by atoms with E-state index in [-0.39, 0.29) is 18.4 Å². The van der Waals surface area contributed by atoms with Gasteiger partial charge in [-0.25, -0.2) is 9.78 Å². The average Bonchev–Trinajstić information content (AvgIpc) is 3.63. The van der Waals surface area contributed by atoms with Crippen molar-refractivity contribution in [3.05, 3.63) is 95.6 Å². The first-order valence-corrected chi connectivity index (χ1v) is 13.0. The number of hydrogen-bond acceptors (Lipinski definition) is 7. The summed E-state index contributed by atoms with van der Waals surface area (Å²) >= 11 is 1.30. The van der Waals surface area contributed by atoms with Crippen LogP contribution < -0.4 is 10.6 Å². The fraction of sp³-hybridized carbons (Fsp3) is 0.179. The second kappa shape index (κ2) is 11.7. The number of carbonyl (C=O) groups excluding carboxylic acids is 3. The number of nitrogens with zero attached hydrogens (tertiary/aromatic N) is 3. The van der Waals surface area contributed by atoms with Gasteiger partial charge in [0.1, 0.15) is 12.6 Å². The summed E-state index contributed by atoms with van der Waals surface area (Å²) in [6.07, 6.45) is 4.01. The maximum Gasteiger partial charge on any atom is 0.410 e. The molecule has 1 atom stereocenters. The Kier molecular flexibility index (Phi) is 7.70. The number of anilines is 2. The van der Waals surface area contributed by atoms with Crippen molar-refractivity contribution >= 4 is 40.1 Å². The van der Waals surface area contributed by atoms with Crippen LogP contribution in [0.4, 0.5) is 15.6 Å². The third-order valence-electron chi connectivity index (χ3n) is 6.11. The number of hydrogen-bond donors (Lipinski definition) is 2. The zero-order valence-electron chi connectivity index (χ0n) is 20.4. The molecule has 3 amide bonds. The van der Waals surface area contributed by atoms with Crippen molar-refractivity contribution in [1.82, 2.24) is 14.9 Å². The minimum atomic E-state index is -0.608. The molecule has 4 aromatic rings. The number of nitrogens with one attached hydrogen (secondary N) is 2. The molecule has 2 aromatic carbocycles. The number of ether oxygens (including phenoxy) is 1. The van der Waals surface area contributed by atoms with Crippen molar-refractivity contribution in [1.29, 1.82) is 0 Å². The summed E-state index contributed by atoms with van der Waals surface area (Å²) < 4.78 is 5.43. The molecule has 9 nitrogen and oxygen atoms in total. The Balaban J connectivity index is 1.17. The van der Waals surface area contributed by atoms with Gasteiger partial charge in [-0.2, -0.15) is 0 Å². The highest BCUT2D eigenvalue weighted by atomic mass is 32.1. The Morgan fingerprint density at radius 3 is 2.50 bits per heavy atom. The lowest BCUT2D eigenvalue weighted by atomic mass is 10.1. The van der Waals surface area contributed by atoms with Crippen LogP contribution in [0.15, 0.2) is 84.5 Å². The van der Waals surface area contributed by atoms with E-state index in [0.29, 0.717) is 35.0 Å². The highest BCUT2D eigenvalue weighted by molar-refractivity contribution is 7.14. The first-order valence-electron chi connectivity index (χ1n) is 12.1. The normalized spacial score (nSPS) is 14.6. The highest BCUT2D eigenvalue weighted by Crippen LogP contribution is 2.27. The average molecular weight is 528 g/mol. The van der Waals surface area contributed by atoms with Gasteiger partial charge in [-0.05, 0) is 42.7 Å². The Bertz CT molecular complexity index is 1410. The smallest absolute Gasteiger partial charge is 0.410 e. The maximum atomic E-state index is 13.0. The van der Waals surface area contributed by atoms with E-state index in [0.717, 1.165) is 17.5 Å². The summed E-state index contributed by atoms with van der Waals surface area (Å²) in [5.41, 5.74) is 3.55. The van der Waals surface area contributed by atoms with E-state index >= 15 is 0 Å². The summed E-state index contributed by atoms with van der Waals surface area (Å²) in [5, 5.41) is 7.93. The van der Waals surface area contributed by atoms with Crippen LogP contribution in [0, 0.1) is 0 Å². The number of likely N-dealkylation sites (tertiary alicyclic amines) is 1. The molecule has 1 aliphatic rings. The molecule has 192 valence electrons. The predicted octanol–water partition coefficient (Wildman–Crippen LogP) is 5.20. The molecule has 0 bridgehead atoms. The van der Waals surface area contributed by atoms with Crippen LogP contribution in [-0.4, -0.2) is 45.4 Å². The molecule has 1 unspecified atom stereocenters. The van der Waals surface area contributed by atoms with E-state index in [1.54, 1.807) is 36.7 Å². The molecule has 2 aromatic heterocycles. The van der Waals surface area contributed by atoms with E-state index in [1.807, 2.05) is 47.8 Å². The van der Waals surface area contributed by atoms with Crippen molar-refractivity contribution < 1.29 is 19.1 Å². The predicted molar refractivity (Wildman–Crippen MR) is 145 cm³/mol. The van der Waals surface area contributed by atoms with Crippen LogP contribution in [0.5, 0.6) is 0 Å². The second-order valence-corrected chi connectivity index (χ2v) is 9.54. The first kappa shape index (κ1) is 25.1. The third kappa shape index (κ3) is 6.04. The van der Waals surface area contributed by atoms with Crippen molar-refractivity contribution in [2.45, 2.75) is 25.5 Å². The Labute approximate surface area is 223 Å². The van der Waals surface area contributed by atoms with E-state index < -0.39 is 12.1 Å². The van der Waals surface area contributed by atoms with Crippen LogP contribution in [0.3, 0.4) is 0 Å². The molecule has 1 saturated heterocycles. The number of benzene rings is 2. The highest BCUT2D eigenvalue weighted by Gasteiger charge is 2.35. The summed E-state index contributed by atoms with van der Waals surface area (Å²) in [7, 11) is 0. The van der Waals surface area contributed by atoms with Crippen LogP contribution in [-0.2, 0) is 16.1 Å². The van der Waals surface area contributed by atoms with Gasteiger partial charge in [0.15, 0.2) is 5.13 Å². The Hall–Kier alpha value is -4.57. The summed E-state index contributed by atoms with van der Waals surface area (Å²) in [4.78, 5) is 48.0. The number of thiazole rings is 1. The van der Waals surface area contributed by atoms with Crippen molar-refractivity contribution in [2.75, 3.05) is 17.2 Å². The summed E-state index contributed by atoms with van der Waals surface area (Å²) in [5.74, 6) is -0.513. The molecule has 38 heavy (non-hydrogen) atoms. The number of aromatic nitrogens is 2. The number of amides is 3. The largest absolute Gasteiger partial charge is 0.445 e. The molecule has 5 rings (SSSR count). The van der Waals surface area contributed by atoms with Crippen molar-refractivity contribution in [3.63, 3.8) is 0 Å². The van der Waals surface area contributed by atoms with Crippen LogP contribution in [0.25, 0.3) is 11.3 Å². The lowest BCUT2D eigenvalue weighted by Gasteiger charge is -2.22. The molecule has 1 aliphatic heterocycles. The topological polar surface area (TPSA) is 114 Å². The SMILES string of the molecule is O=C(Nc1ccncc1)c1ccc(-c2csc(NC(=O)C3CCCN3C(=O)OCc3ccccc3)n2)cc1. The zero-order valence-corrected chi connectivity index (χ0v) is 21.2. The lowest BCUT2D eigenvalue weighted by molar-refractivity contribution is -0.120. The van der Waals surface area contributed by atoms with Crippen molar-refractivity contribution in [2.24, 2.45) is 0 Å². The molecule has 2 N–H and O–H groups in total. The molecule has 0 radical (unpaired) electrons. The first-order chi connectivity index (χ1) is 18.6. The second-order valence-electron chi connectivity index (χ2n) is 8.69. The van der Waals surface area contributed by atoms with Crippen LogP contribution in [0.2, 0.25) is 0 Å². The van der Waals surface area contributed by atoms with Gasteiger partial charge in [0.05, 0.1) is 5.69 Å². The summed E-state index contributed by atoms with van der Waals surface area (Å²) in [6, 6.07) is 19.3. The fourth-order valence-corrected chi connectivity index (χ4v) is 4.87. The lowest BCUT2D eigenvalue weighted by Crippen LogP contribution is -2.43. The summed E-state index contributed by atoms with van der Waals surface area (Å²) in [6.45, 7) is 0.625. The van der Waals surface area contributed by atoms with Gasteiger partial charge in [-0.3, -0.25) is 19.5 Å². The van der Waals surface area contributed by atoms with Gasteiger partial charge in [0.25, 0.3) is 5.91 Å². The van der Waals surface area contributed by atoms with E-state index in [9.17, 15) is 14.4 Å². The maximum absolute atomic E-state index is 13.0. The standard InChI is InChI=1S/C28H25N5O4S/c34-25(30-22-12-14-29-15-13-22)21-10-8-20(9-11-21)23-18-38-27(31-23)32-26(35)24-7-4-16-33(24)28(36)37-17-19-5-2-1-3-6-19/h1-3,5-6,8-15,18,24H,4,7,16-17H2,(H,29,30,34)(H,31,32,35). The molecular weight excluding hydrogens is 502 g/mol. The van der Waals surface area contributed by atoms with Crippen molar-refractivity contribution in [3.8, 4) is 11.3 Å². The zero-order chi connectivity index (χ0) is 26.3. The minimum Gasteiger partial charge on any atom is -0.445 e. The monoisotopic (exact) mass is 527 g/mol. The molecule has 1 fully saturated rings. The van der Waals surface area contributed by atoms with E-state index in [4.69, 9.17) is 4.74 Å². The molecule has 0 saturated carbocycles. The quantitative estimate of drug-likeness (QED) is 0.342. The van der Waals surface area contributed by atoms with Gasteiger partial charge >= 0.3 is 6.09 Å². The van der Waals surface area contributed by atoms with Gasteiger partial charge in [0.2, 0.25) is 5.91 Å². The third-order valence-corrected chi connectivity index (χ3v) is 6.87. The van der Waals surface area contributed by atoms with Gasteiger partial charge < -0.3 is 15.4 Å². The Morgan fingerprint density at radius 1 is 0.974 bits per heavy atom. The molecule has 3 heterocycles. The van der Waals surface area contributed by atoms with E-state index in [2.05, 4.69) is 20.6 Å². The number of carbonyl (C=O) groups is 3. The van der Waals surface area contributed by atoms with Crippen LogP contribution in [0.1, 0.15) is 28.8 Å². The minimum absolute atomic E-state index is 0.157. The van der Waals surface area contributed by atoms with Crippen LogP contribution >= 0.6 is 11.3 Å². The number of pyridine rings is 1. The van der Waals surface area contributed by atoms with Gasteiger partial charge in [-0.15, -0.1) is 11.3 Å². The molecule has 10 heteroatoms. The van der Waals surface area contributed by atoms with E-state index in [1.165, 1.54) is 16.2 Å². The van der Waals surface area contributed by atoms with Gasteiger partial charge in [-0.1, -0.05) is 42.5 Å². The fourth-order valence-electron chi connectivity index (χ4n) is 4.14. The molecule has 0 aliphatic carbocycles. The number of rotatable bonds is 7. The molecule has 0 spiro atoms.